The second-order valence-corrected chi connectivity index (χ2v) is 5.68. The van der Waals surface area contributed by atoms with Crippen LogP contribution in [0.15, 0.2) is 85.1 Å². The molecule has 1 aromatic heterocycles. The van der Waals surface area contributed by atoms with E-state index in [-0.39, 0.29) is 5.82 Å². The minimum Gasteiger partial charge on any atom is -0.316 e. The fraction of sp³-hybridized carbons (Fsp3) is 0.0476. The molecule has 0 atom stereocenters. The van der Waals surface area contributed by atoms with Crippen LogP contribution in [0.2, 0.25) is 0 Å². The Kier molecular flexibility index (Phi) is 3.43. The van der Waals surface area contributed by atoms with Crippen molar-refractivity contribution in [1.82, 2.24) is 4.57 Å². The summed E-state index contributed by atoms with van der Waals surface area (Å²) in [5, 5.41) is 1.24. The summed E-state index contributed by atoms with van der Waals surface area (Å²) < 4.78 is 15.3. The molecule has 1 heterocycles. The van der Waals surface area contributed by atoms with E-state index in [4.69, 9.17) is 0 Å². The van der Waals surface area contributed by atoms with Crippen molar-refractivity contribution in [1.29, 1.82) is 0 Å². The first-order valence-corrected chi connectivity index (χ1v) is 7.70. The minimum atomic E-state index is -0.194. The molecule has 0 radical (unpaired) electrons. The Balaban J connectivity index is 1.83. The van der Waals surface area contributed by atoms with Crippen molar-refractivity contribution in [2.45, 2.75) is 6.42 Å². The number of hydrogen-bond donors (Lipinski definition) is 0. The topological polar surface area (TPSA) is 4.93 Å². The Morgan fingerprint density at radius 3 is 2.22 bits per heavy atom. The summed E-state index contributed by atoms with van der Waals surface area (Å²) in [6.07, 6.45) is 2.98. The Morgan fingerprint density at radius 1 is 0.739 bits per heavy atom. The molecule has 0 spiro atoms. The largest absolute Gasteiger partial charge is 0.316 e. The number of benzene rings is 3. The number of halogens is 1. The van der Waals surface area contributed by atoms with Crippen molar-refractivity contribution in [2.24, 2.45) is 0 Å². The van der Waals surface area contributed by atoms with Gasteiger partial charge >= 0.3 is 0 Å². The summed E-state index contributed by atoms with van der Waals surface area (Å²) in [6, 6.07) is 25.5. The molecule has 0 saturated carbocycles. The van der Waals surface area contributed by atoms with Gasteiger partial charge in [-0.15, -0.1) is 0 Å². The highest BCUT2D eigenvalue weighted by Gasteiger charge is 2.10. The predicted octanol–water partition coefficient (Wildman–Crippen LogP) is 5.36. The number of nitrogens with zero attached hydrogens (tertiary/aromatic N) is 1. The zero-order valence-electron chi connectivity index (χ0n) is 12.6. The molecule has 0 amide bonds. The van der Waals surface area contributed by atoms with E-state index < -0.39 is 0 Å². The number of rotatable bonds is 3. The normalized spacial score (nSPS) is 11.0. The maximum absolute atomic E-state index is 13.1. The smallest absolute Gasteiger partial charge is 0.123 e. The van der Waals surface area contributed by atoms with E-state index in [0.29, 0.717) is 0 Å². The molecule has 112 valence electrons. The van der Waals surface area contributed by atoms with Crippen LogP contribution in [0.25, 0.3) is 16.6 Å². The average molecular weight is 301 g/mol. The van der Waals surface area contributed by atoms with Crippen LogP contribution in [0, 0.1) is 5.82 Å². The van der Waals surface area contributed by atoms with Crippen molar-refractivity contribution in [3.63, 3.8) is 0 Å². The van der Waals surface area contributed by atoms with Gasteiger partial charge in [-0.2, -0.15) is 0 Å². The Labute approximate surface area is 134 Å². The fourth-order valence-electron chi connectivity index (χ4n) is 3.02. The molecule has 3 aromatic carbocycles. The van der Waals surface area contributed by atoms with Crippen LogP contribution >= 0.6 is 0 Å². The summed E-state index contributed by atoms with van der Waals surface area (Å²) in [4.78, 5) is 0. The van der Waals surface area contributed by atoms with Gasteiger partial charge in [-0.3, -0.25) is 0 Å². The first-order chi connectivity index (χ1) is 11.3. The van der Waals surface area contributed by atoms with Gasteiger partial charge in [0.05, 0.1) is 5.52 Å². The van der Waals surface area contributed by atoms with Crippen LogP contribution in [0.4, 0.5) is 4.39 Å². The monoisotopic (exact) mass is 301 g/mol. The molecule has 2 heteroatoms. The molecule has 0 unspecified atom stereocenters. The van der Waals surface area contributed by atoms with Crippen LogP contribution < -0.4 is 0 Å². The highest BCUT2D eigenvalue weighted by Crippen LogP contribution is 2.26. The zero-order chi connectivity index (χ0) is 15.6. The lowest BCUT2D eigenvalue weighted by Crippen LogP contribution is -1.91. The van der Waals surface area contributed by atoms with Crippen LogP contribution in [-0.2, 0) is 6.42 Å². The lowest BCUT2D eigenvalue weighted by molar-refractivity contribution is 0.627. The quantitative estimate of drug-likeness (QED) is 0.480. The molecular formula is C21H16FN. The van der Waals surface area contributed by atoms with Gasteiger partial charge in [0.2, 0.25) is 0 Å². The van der Waals surface area contributed by atoms with Crippen LogP contribution in [0.3, 0.4) is 0 Å². The van der Waals surface area contributed by atoms with E-state index >= 15 is 0 Å². The van der Waals surface area contributed by atoms with Gasteiger partial charge in [0.25, 0.3) is 0 Å². The van der Waals surface area contributed by atoms with Crippen molar-refractivity contribution in [3.05, 3.63) is 102 Å². The second kappa shape index (κ2) is 5.73. The average Bonchev–Trinajstić information content (AvgIpc) is 2.97. The molecule has 0 bridgehead atoms. The molecule has 0 aliphatic carbocycles. The van der Waals surface area contributed by atoms with E-state index in [1.807, 2.05) is 30.3 Å². The van der Waals surface area contributed by atoms with Gasteiger partial charge in [-0.05, 0) is 47.9 Å². The van der Waals surface area contributed by atoms with E-state index in [0.717, 1.165) is 17.7 Å². The van der Waals surface area contributed by atoms with Crippen molar-refractivity contribution < 1.29 is 4.39 Å². The maximum Gasteiger partial charge on any atom is 0.123 e. The standard InChI is InChI=1S/C21H16FN/c22-18-12-10-16(11-13-18)14-17-15-23(19-6-2-1-3-7-19)21-9-5-4-8-20(17)21/h1-13,15H,14H2. The number of aromatic nitrogens is 1. The number of fused-ring (bicyclic) bond motifs is 1. The van der Waals surface area contributed by atoms with Crippen LogP contribution in [0.5, 0.6) is 0 Å². The number of para-hydroxylation sites is 2. The highest BCUT2D eigenvalue weighted by molar-refractivity contribution is 5.86. The SMILES string of the molecule is Fc1ccc(Cc2cn(-c3ccccc3)c3ccccc23)cc1. The van der Waals surface area contributed by atoms with Crippen LogP contribution in [0.1, 0.15) is 11.1 Å². The van der Waals surface area contributed by atoms with Gasteiger partial charge < -0.3 is 4.57 Å². The summed E-state index contributed by atoms with van der Waals surface area (Å²) in [7, 11) is 0. The molecular weight excluding hydrogens is 285 g/mol. The lowest BCUT2D eigenvalue weighted by Gasteiger charge is -2.04. The molecule has 0 aliphatic heterocycles. The molecule has 4 aromatic rings. The molecule has 0 fully saturated rings. The Bertz CT molecular complexity index is 937. The van der Waals surface area contributed by atoms with Gasteiger partial charge in [0, 0.05) is 17.3 Å². The first kappa shape index (κ1) is 13.8. The molecule has 0 saturated heterocycles. The molecule has 0 N–H and O–H groups in total. The van der Waals surface area contributed by atoms with Crippen LogP contribution in [-0.4, -0.2) is 4.57 Å². The second-order valence-electron chi connectivity index (χ2n) is 5.68. The summed E-state index contributed by atoms with van der Waals surface area (Å²) in [6.45, 7) is 0. The molecule has 1 nitrogen and oxygen atoms in total. The third-order valence-corrected chi connectivity index (χ3v) is 4.14. The van der Waals surface area contributed by atoms with Crippen molar-refractivity contribution >= 4 is 10.9 Å². The lowest BCUT2D eigenvalue weighted by atomic mass is 10.0. The molecule has 4 rings (SSSR count). The van der Waals surface area contributed by atoms with E-state index in [1.165, 1.54) is 28.6 Å². The first-order valence-electron chi connectivity index (χ1n) is 7.70. The summed E-state index contributed by atoms with van der Waals surface area (Å²) >= 11 is 0. The van der Waals surface area contributed by atoms with Crippen molar-refractivity contribution in [2.75, 3.05) is 0 Å². The van der Waals surface area contributed by atoms with Crippen molar-refractivity contribution in [3.8, 4) is 5.69 Å². The third kappa shape index (κ3) is 2.64. The Hall–Kier alpha value is -2.87. The maximum atomic E-state index is 13.1. The van der Waals surface area contributed by atoms with Gasteiger partial charge in [0.1, 0.15) is 5.82 Å². The zero-order valence-corrected chi connectivity index (χ0v) is 12.6. The van der Waals surface area contributed by atoms with E-state index in [2.05, 4.69) is 47.2 Å². The fourth-order valence-corrected chi connectivity index (χ4v) is 3.02. The van der Waals surface area contributed by atoms with Gasteiger partial charge in [-0.25, -0.2) is 4.39 Å². The Morgan fingerprint density at radius 2 is 1.43 bits per heavy atom. The minimum absolute atomic E-state index is 0.194. The van der Waals surface area contributed by atoms with Gasteiger partial charge in [0.15, 0.2) is 0 Å². The molecule has 0 aliphatic rings. The number of hydrogen-bond acceptors (Lipinski definition) is 0. The summed E-state index contributed by atoms with van der Waals surface area (Å²) in [5.74, 6) is -0.194. The summed E-state index contributed by atoms with van der Waals surface area (Å²) in [5.41, 5.74) is 4.70. The molecule has 23 heavy (non-hydrogen) atoms. The predicted molar refractivity (Wildman–Crippen MR) is 92.5 cm³/mol. The van der Waals surface area contributed by atoms with E-state index in [1.54, 1.807) is 0 Å². The van der Waals surface area contributed by atoms with Gasteiger partial charge in [-0.1, -0.05) is 48.5 Å². The third-order valence-electron chi connectivity index (χ3n) is 4.14. The van der Waals surface area contributed by atoms with E-state index in [9.17, 15) is 4.39 Å². The highest BCUT2D eigenvalue weighted by atomic mass is 19.1.